The van der Waals surface area contributed by atoms with E-state index in [1.165, 1.54) is 29.2 Å². The molecule has 230 valence electrons. The van der Waals surface area contributed by atoms with Gasteiger partial charge >= 0.3 is 0 Å². The van der Waals surface area contributed by atoms with Crippen LogP contribution in [0.25, 0.3) is 0 Å². The highest BCUT2D eigenvalue weighted by Gasteiger charge is 2.35. The molecule has 2 amide bonds. The van der Waals surface area contributed by atoms with Gasteiger partial charge in [0, 0.05) is 28.5 Å². The number of amides is 2. The Bertz CT molecular complexity index is 1700. The molecule has 0 unspecified atom stereocenters. The summed E-state index contributed by atoms with van der Waals surface area (Å²) >= 11 is 9.55. The summed E-state index contributed by atoms with van der Waals surface area (Å²) in [6, 6.07) is 28.6. The number of carbonyl (C=O) groups is 2. The zero-order valence-corrected chi connectivity index (χ0v) is 27.9. The molecule has 1 N–H and O–H groups in total. The maximum atomic E-state index is 14.5. The number of sulfonamides is 1. The number of hydrogen-bond donors (Lipinski definition) is 1. The molecule has 0 radical (unpaired) electrons. The summed E-state index contributed by atoms with van der Waals surface area (Å²) in [7, 11) is -4.20. The van der Waals surface area contributed by atoms with Gasteiger partial charge in [-0.15, -0.1) is 0 Å². The number of hydrogen-bond acceptors (Lipinski definition) is 4. The van der Waals surface area contributed by atoms with Gasteiger partial charge in [0.15, 0.2) is 0 Å². The van der Waals surface area contributed by atoms with Crippen molar-refractivity contribution in [2.75, 3.05) is 10.8 Å². The van der Waals surface area contributed by atoms with E-state index in [-0.39, 0.29) is 29.8 Å². The van der Waals surface area contributed by atoms with E-state index in [0.717, 1.165) is 25.5 Å². The summed E-state index contributed by atoms with van der Waals surface area (Å²) in [5, 5.41) is 3.35. The number of anilines is 1. The fraction of sp³-hybridized carbons (Fsp3) is 0.235. The zero-order valence-electron chi connectivity index (χ0n) is 24.8. The van der Waals surface area contributed by atoms with Gasteiger partial charge in [-0.3, -0.25) is 13.9 Å². The minimum atomic E-state index is -4.20. The molecule has 0 aliphatic carbocycles. The molecule has 1 atom stereocenters. The Morgan fingerprint density at radius 2 is 1.52 bits per heavy atom. The van der Waals surface area contributed by atoms with Crippen molar-refractivity contribution in [3.63, 3.8) is 0 Å². The second kappa shape index (κ2) is 14.9. The van der Waals surface area contributed by atoms with E-state index >= 15 is 0 Å². The molecular formula is C34H35BrClN3O4S. The SMILES string of the molecule is Cc1cccc(N(CC(=O)N(Cc2cccc(Br)c2)[C@@H](Cc2ccccc2)C(=O)NC(C)C)S(=O)(=O)c2ccc(Cl)cc2)c1. The zero-order chi connectivity index (χ0) is 31.9. The van der Waals surface area contributed by atoms with Crippen LogP contribution < -0.4 is 9.62 Å². The topological polar surface area (TPSA) is 86.8 Å². The third-order valence-corrected chi connectivity index (χ3v) is 9.45. The summed E-state index contributed by atoms with van der Waals surface area (Å²) in [5.41, 5.74) is 2.82. The first-order chi connectivity index (χ1) is 20.9. The van der Waals surface area contributed by atoms with Gasteiger partial charge in [0.25, 0.3) is 10.0 Å². The average Bonchev–Trinajstić information content (AvgIpc) is 2.98. The normalized spacial score (nSPS) is 12.0. The summed E-state index contributed by atoms with van der Waals surface area (Å²) in [4.78, 5) is 29.7. The molecule has 0 aliphatic heterocycles. The van der Waals surface area contributed by atoms with Crippen LogP contribution in [0.4, 0.5) is 5.69 Å². The lowest BCUT2D eigenvalue weighted by molar-refractivity contribution is -0.140. The van der Waals surface area contributed by atoms with Gasteiger partial charge in [0.2, 0.25) is 11.8 Å². The van der Waals surface area contributed by atoms with E-state index in [0.29, 0.717) is 10.7 Å². The van der Waals surface area contributed by atoms with E-state index in [9.17, 15) is 18.0 Å². The van der Waals surface area contributed by atoms with Crippen LogP contribution in [0.5, 0.6) is 0 Å². The highest BCUT2D eigenvalue weighted by Crippen LogP contribution is 2.27. The quantitative estimate of drug-likeness (QED) is 0.177. The molecule has 0 saturated heterocycles. The molecule has 0 saturated carbocycles. The van der Waals surface area contributed by atoms with Crippen molar-refractivity contribution in [2.45, 2.75) is 50.7 Å². The molecule has 0 aliphatic rings. The van der Waals surface area contributed by atoms with Crippen molar-refractivity contribution in [1.82, 2.24) is 10.2 Å². The Kier molecular flexibility index (Phi) is 11.2. The van der Waals surface area contributed by atoms with Crippen LogP contribution in [0.15, 0.2) is 112 Å². The molecule has 44 heavy (non-hydrogen) atoms. The molecule has 4 rings (SSSR count). The number of benzene rings is 4. The van der Waals surface area contributed by atoms with E-state index in [1.807, 2.05) is 81.4 Å². The monoisotopic (exact) mass is 695 g/mol. The van der Waals surface area contributed by atoms with Gasteiger partial charge in [0.05, 0.1) is 10.6 Å². The van der Waals surface area contributed by atoms with Crippen LogP contribution >= 0.6 is 27.5 Å². The highest BCUT2D eigenvalue weighted by molar-refractivity contribution is 9.10. The molecule has 0 bridgehead atoms. The minimum absolute atomic E-state index is 0.00636. The molecule has 0 spiro atoms. The second-order valence-corrected chi connectivity index (χ2v) is 14.0. The Hall–Kier alpha value is -3.66. The first kappa shape index (κ1) is 33.2. The van der Waals surface area contributed by atoms with Crippen molar-refractivity contribution in [3.8, 4) is 0 Å². The van der Waals surface area contributed by atoms with Crippen molar-refractivity contribution >= 4 is 55.1 Å². The van der Waals surface area contributed by atoms with Crippen molar-refractivity contribution < 1.29 is 18.0 Å². The fourth-order valence-corrected chi connectivity index (χ4v) is 6.79. The molecule has 4 aromatic rings. The lowest BCUT2D eigenvalue weighted by atomic mass is 10.0. The van der Waals surface area contributed by atoms with Crippen molar-refractivity contribution in [1.29, 1.82) is 0 Å². The van der Waals surface area contributed by atoms with E-state index in [2.05, 4.69) is 21.2 Å². The van der Waals surface area contributed by atoms with Crippen molar-refractivity contribution in [2.24, 2.45) is 0 Å². The first-order valence-electron chi connectivity index (χ1n) is 14.2. The number of carbonyl (C=O) groups excluding carboxylic acids is 2. The van der Waals surface area contributed by atoms with Crippen LogP contribution in [0.2, 0.25) is 5.02 Å². The maximum absolute atomic E-state index is 14.5. The number of rotatable bonds is 12. The molecule has 0 aromatic heterocycles. The summed E-state index contributed by atoms with van der Waals surface area (Å²) in [5.74, 6) is -0.848. The predicted molar refractivity (Wildman–Crippen MR) is 179 cm³/mol. The summed E-state index contributed by atoms with van der Waals surface area (Å²) in [6.45, 7) is 5.13. The number of nitrogens with zero attached hydrogens (tertiary/aromatic N) is 2. The molecule has 0 heterocycles. The number of aryl methyl sites for hydroxylation is 1. The summed E-state index contributed by atoms with van der Waals surface area (Å²) < 4.78 is 30.1. The molecule has 10 heteroatoms. The van der Waals surface area contributed by atoms with Gasteiger partial charge in [-0.25, -0.2) is 8.42 Å². The van der Waals surface area contributed by atoms with E-state index < -0.39 is 28.5 Å². The van der Waals surface area contributed by atoms with Gasteiger partial charge < -0.3 is 10.2 Å². The lowest BCUT2D eigenvalue weighted by Gasteiger charge is -2.34. The summed E-state index contributed by atoms with van der Waals surface area (Å²) in [6.07, 6.45) is 0.244. The smallest absolute Gasteiger partial charge is 0.264 e. The van der Waals surface area contributed by atoms with Crippen LogP contribution in [0, 0.1) is 6.92 Å². The average molecular weight is 697 g/mol. The number of nitrogens with one attached hydrogen (secondary N) is 1. The van der Waals surface area contributed by atoms with Crippen LogP contribution in [-0.4, -0.2) is 43.8 Å². The predicted octanol–water partition coefficient (Wildman–Crippen LogP) is 6.77. The van der Waals surface area contributed by atoms with Crippen LogP contribution in [0.3, 0.4) is 0 Å². The first-order valence-corrected chi connectivity index (χ1v) is 16.8. The Labute approximate surface area is 273 Å². The third-order valence-electron chi connectivity index (χ3n) is 6.91. The Balaban J connectivity index is 1.81. The second-order valence-electron chi connectivity index (χ2n) is 10.8. The third kappa shape index (κ3) is 8.71. The van der Waals surface area contributed by atoms with Crippen LogP contribution in [0.1, 0.15) is 30.5 Å². The van der Waals surface area contributed by atoms with Gasteiger partial charge in [0.1, 0.15) is 12.6 Å². The standard InChI is InChI=1S/C34H35BrClN3O4S/c1-24(2)37-34(41)32(21-26-10-5-4-6-11-26)38(22-27-12-8-13-28(35)20-27)33(40)23-39(30-14-7-9-25(3)19-30)44(42,43)31-17-15-29(36)16-18-31/h4-20,24,32H,21-23H2,1-3H3,(H,37,41)/t32-/m0/s1. The van der Waals surface area contributed by atoms with Gasteiger partial charge in [-0.2, -0.15) is 0 Å². The minimum Gasteiger partial charge on any atom is -0.352 e. The number of halogens is 2. The van der Waals surface area contributed by atoms with Crippen molar-refractivity contribution in [3.05, 3.63) is 129 Å². The molecule has 4 aromatic carbocycles. The molecule has 7 nitrogen and oxygen atoms in total. The Morgan fingerprint density at radius 1 is 0.864 bits per heavy atom. The lowest BCUT2D eigenvalue weighted by Crippen LogP contribution is -2.54. The largest absolute Gasteiger partial charge is 0.352 e. The Morgan fingerprint density at radius 3 is 2.16 bits per heavy atom. The van der Waals surface area contributed by atoms with E-state index in [1.54, 1.807) is 18.2 Å². The maximum Gasteiger partial charge on any atom is 0.264 e. The van der Waals surface area contributed by atoms with Crippen LogP contribution in [-0.2, 0) is 32.6 Å². The molecular weight excluding hydrogens is 662 g/mol. The molecule has 0 fully saturated rings. The van der Waals surface area contributed by atoms with E-state index in [4.69, 9.17) is 11.6 Å². The fourth-order valence-electron chi connectivity index (χ4n) is 4.81. The van der Waals surface area contributed by atoms with Gasteiger partial charge in [-0.1, -0.05) is 82.1 Å². The highest BCUT2D eigenvalue weighted by atomic mass is 79.9. The van der Waals surface area contributed by atoms with Gasteiger partial charge in [-0.05, 0) is 86.0 Å².